The molecule has 12 heavy (non-hydrogen) atoms. The van der Waals surface area contributed by atoms with Gasteiger partial charge < -0.3 is 15.2 Å². The number of hydrogen-bond acceptors (Lipinski definition) is 3. The quantitative estimate of drug-likeness (QED) is 0.429. The first-order valence-electron chi connectivity index (χ1n) is 4.81. The van der Waals surface area contributed by atoms with Gasteiger partial charge >= 0.3 is 0 Å². The number of unbranched alkanes of at least 4 members (excludes halogenated alkanes) is 1. The fraction of sp³-hybridized carbons (Fsp3) is 1.00. The van der Waals surface area contributed by atoms with Crippen LogP contribution in [0.4, 0.5) is 0 Å². The number of nitrogens with one attached hydrogen (secondary N) is 1. The zero-order valence-electron chi connectivity index (χ0n) is 8.18. The van der Waals surface area contributed by atoms with Gasteiger partial charge in [0.25, 0.3) is 0 Å². The van der Waals surface area contributed by atoms with Crippen LogP contribution < -0.4 is 5.32 Å². The van der Waals surface area contributed by atoms with Crippen molar-refractivity contribution in [3.8, 4) is 0 Å². The number of aliphatic hydroxyl groups excluding tert-OH is 1. The lowest BCUT2D eigenvalue weighted by Crippen LogP contribution is -2.23. The van der Waals surface area contributed by atoms with Gasteiger partial charge in [0.05, 0.1) is 6.61 Å². The van der Waals surface area contributed by atoms with E-state index in [1.54, 1.807) is 0 Å². The smallest absolute Gasteiger partial charge is 0.154 e. The Morgan fingerprint density at radius 2 is 2.08 bits per heavy atom. The molecule has 0 saturated carbocycles. The Kier molecular flexibility index (Phi) is 8.88. The molecule has 1 unspecified atom stereocenters. The lowest BCUT2D eigenvalue weighted by Gasteiger charge is -2.09. The second-order valence-electron chi connectivity index (χ2n) is 2.84. The minimum absolute atomic E-state index is 0.585. The van der Waals surface area contributed by atoms with E-state index in [9.17, 15) is 0 Å². The third kappa shape index (κ3) is 7.98. The topological polar surface area (TPSA) is 41.5 Å². The lowest BCUT2D eigenvalue weighted by molar-refractivity contribution is -0.0984. The summed E-state index contributed by atoms with van der Waals surface area (Å²) in [6.07, 6.45) is 2.49. The molecule has 0 radical (unpaired) electrons. The first-order chi connectivity index (χ1) is 5.81. The van der Waals surface area contributed by atoms with E-state index >= 15 is 0 Å². The molecule has 0 bridgehead atoms. The van der Waals surface area contributed by atoms with Gasteiger partial charge in [-0.25, -0.2) is 0 Å². The number of aliphatic hydroxyl groups is 1. The number of hydrogen-bond donors (Lipinski definition) is 2. The second kappa shape index (κ2) is 8.97. The van der Waals surface area contributed by atoms with Crippen molar-refractivity contribution in [1.29, 1.82) is 0 Å². The van der Waals surface area contributed by atoms with Gasteiger partial charge in [0.1, 0.15) is 0 Å². The largest absolute Gasteiger partial charge is 0.368 e. The van der Waals surface area contributed by atoms with Gasteiger partial charge in [-0.3, -0.25) is 0 Å². The van der Waals surface area contributed by atoms with E-state index < -0.39 is 6.29 Å². The molecule has 0 aliphatic rings. The fourth-order valence-electron chi connectivity index (χ4n) is 0.812. The van der Waals surface area contributed by atoms with Crippen molar-refractivity contribution < 1.29 is 9.84 Å². The van der Waals surface area contributed by atoms with Crippen LogP contribution in [0.15, 0.2) is 0 Å². The van der Waals surface area contributed by atoms with Crippen LogP contribution in [-0.4, -0.2) is 31.1 Å². The summed E-state index contributed by atoms with van der Waals surface area (Å²) in [5.74, 6) is 0. The van der Waals surface area contributed by atoms with E-state index in [4.69, 9.17) is 9.84 Å². The van der Waals surface area contributed by atoms with Gasteiger partial charge in [0, 0.05) is 6.54 Å². The normalized spacial score (nSPS) is 13.2. The maximum Gasteiger partial charge on any atom is 0.154 e. The predicted octanol–water partition coefficient (Wildman–Crippen LogP) is 1.12. The number of ether oxygens (including phenoxy) is 1. The molecule has 0 spiro atoms. The minimum Gasteiger partial charge on any atom is -0.368 e. The van der Waals surface area contributed by atoms with Crippen LogP contribution in [0.5, 0.6) is 0 Å². The van der Waals surface area contributed by atoms with Gasteiger partial charge in [0.2, 0.25) is 0 Å². The van der Waals surface area contributed by atoms with Crippen molar-refractivity contribution in [2.24, 2.45) is 0 Å². The number of rotatable bonds is 8. The Hall–Kier alpha value is -0.120. The van der Waals surface area contributed by atoms with Crippen molar-refractivity contribution in [2.75, 3.05) is 19.7 Å². The molecule has 0 aromatic rings. The first-order valence-corrected chi connectivity index (χ1v) is 4.81. The lowest BCUT2D eigenvalue weighted by atomic mass is 10.3. The standard InChI is InChI=1S/C9H21NO2/c1-3-5-6-10-7-8-12-9(11)4-2/h9-11H,3-8H2,1-2H3. The molecule has 0 aliphatic heterocycles. The van der Waals surface area contributed by atoms with Gasteiger partial charge in [-0.1, -0.05) is 20.3 Å². The third-order valence-corrected chi connectivity index (χ3v) is 1.65. The molecule has 0 heterocycles. The van der Waals surface area contributed by atoms with Gasteiger partial charge in [-0.2, -0.15) is 0 Å². The summed E-state index contributed by atoms with van der Waals surface area (Å²) in [6.45, 7) is 6.53. The maximum atomic E-state index is 9.01. The highest BCUT2D eigenvalue weighted by Crippen LogP contribution is 1.90. The third-order valence-electron chi connectivity index (χ3n) is 1.65. The van der Waals surface area contributed by atoms with Gasteiger partial charge in [-0.05, 0) is 19.4 Å². The van der Waals surface area contributed by atoms with Crippen LogP contribution in [0.25, 0.3) is 0 Å². The molecule has 0 aliphatic carbocycles. The predicted molar refractivity (Wildman–Crippen MR) is 50.0 cm³/mol. The Morgan fingerprint density at radius 3 is 2.67 bits per heavy atom. The van der Waals surface area contributed by atoms with Crippen LogP contribution in [0, 0.1) is 0 Å². The summed E-state index contributed by atoms with van der Waals surface area (Å²) in [5, 5.41) is 12.2. The van der Waals surface area contributed by atoms with E-state index in [1.807, 2.05) is 6.92 Å². The molecule has 0 aromatic heterocycles. The monoisotopic (exact) mass is 175 g/mol. The molecule has 0 fully saturated rings. The van der Waals surface area contributed by atoms with Crippen molar-refractivity contribution in [3.05, 3.63) is 0 Å². The molecule has 3 heteroatoms. The van der Waals surface area contributed by atoms with E-state index in [2.05, 4.69) is 12.2 Å². The second-order valence-corrected chi connectivity index (χ2v) is 2.84. The molecule has 3 nitrogen and oxygen atoms in total. The molecule has 2 N–H and O–H groups in total. The molecule has 0 amide bonds. The summed E-state index contributed by atoms with van der Waals surface area (Å²) in [6, 6.07) is 0. The van der Waals surface area contributed by atoms with E-state index in [0.717, 1.165) is 13.1 Å². The summed E-state index contributed by atoms with van der Waals surface area (Å²) < 4.78 is 5.06. The zero-order valence-corrected chi connectivity index (χ0v) is 8.18. The molecular formula is C9H21NO2. The average molecular weight is 175 g/mol. The van der Waals surface area contributed by atoms with Crippen LogP contribution >= 0.6 is 0 Å². The Morgan fingerprint density at radius 1 is 1.33 bits per heavy atom. The van der Waals surface area contributed by atoms with Crippen LogP contribution in [0.2, 0.25) is 0 Å². The molecule has 74 valence electrons. The summed E-state index contributed by atoms with van der Waals surface area (Å²) in [7, 11) is 0. The van der Waals surface area contributed by atoms with E-state index in [-0.39, 0.29) is 0 Å². The molecular weight excluding hydrogens is 154 g/mol. The van der Waals surface area contributed by atoms with Crippen LogP contribution in [0.1, 0.15) is 33.1 Å². The summed E-state index contributed by atoms with van der Waals surface area (Å²) in [5.41, 5.74) is 0. The Bertz CT molecular complexity index is 88.6. The molecule has 0 aromatic carbocycles. The summed E-state index contributed by atoms with van der Waals surface area (Å²) in [4.78, 5) is 0. The average Bonchev–Trinajstić information content (AvgIpc) is 2.10. The zero-order chi connectivity index (χ0) is 9.23. The molecule has 1 atom stereocenters. The van der Waals surface area contributed by atoms with Crippen LogP contribution in [0.3, 0.4) is 0 Å². The summed E-state index contributed by atoms with van der Waals surface area (Å²) >= 11 is 0. The Balaban J connectivity index is 2.90. The molecule has 0 saturated heterocycles. The van der Waals surface area contributed by atoms with Crippen molar-refractivity contribution in [2.45, 2.75) is 39.4 Å². The van der Waals surface area contributed by atoms with Crippen molar-refractivity contribution in [1.82, 2.24) is 5.32 Å². The SMILES string of the molecule is CCCCNCCOC(O)CC. The van der Waals surface area contributed by atoms with Crippen LogP contribution in [-0.2, 0) is 4.74 Å². The first kappa shape index (κ1) is 11.9. The maximum absolute atomic E-state index is 9.01. The van der Waals surface area contributed by atoms with Gasteiger partial charge in [0.15, 0.2) is 6.29 Å². The van der Waals surface area contributed by atoms with Gasteiger partial charge in [-0.15, -0.1) is 0 Å². The molecule has 0 rings (SSSR count). The Labute approximate surface area is 75.1 Å². The van der Waals surface area contributed by atoms with E-state index in [0.29, 0.717) is 13.0 Å². The highest BCUT2D eigenvalue weighted by Gasteiger charge is 1.97. The van der Waals surface area contributed by atoms with Crippen molar-refractivity contribution >= 4 is 0 Å². The fourth-order valence-corrected chi connectivity index (χ4v) is 0.812. The highest BCUT2D eigenvalue weighted by molar-refractivity contribution is 4.46. The van der Waals surface area contributed by atoms with E-state index in [1.165, 1.54) is 12.8 Å². The van der Waals surface area contributed by atoms with Crippen molar-refractivity contribution in [3.63, 3.8) is 0 Å². The highest BCUT2D eigenvalue weighted by atomic mass is 16.6. The minimum atomic E-state index is -0.585.